The molecule has 3 aromatic heterocycles. The van der Waals surface area contributed by atoms with Gasteiger partial charge in [0.15, 0.2) is 11.1 Å². The maximum absolute atomic E-state index is 11.6. The zero-order valence-electron chi connectivity index (χ0n) is 7.01. The van der Waals surface area contributed by atoms with Gasteiger partial charge in [-0.15, -0.1) is 5.10 Å². The summed E-state index contributed by atoms with van der Waals surface area (Å²) in [7, 11) is 0. The van der Waals surface area contributed by atoms with E-state index in [9.17, 15) is 4.79 Å². The van der Waals surface area contributed by atoms with Gasteiger partial charge in [-0.3, -0.25) is 9.78 Å². The summed E-state index contributed by atoms with van der Waals surface area (Å²) in [6.45, 7) is 0. The second-order valence-corrected chi connectivity index (χ2v) is 2.90. The van der Waals surface area contributed by atoms with Crippen molar-refractivity contribution >= 4 is 16.6 Å². The number of aromatic nitrogens is 5. The van der Waals surface area contributed by atoms with Gasteiger partial charge in [0.05, 0.1) is 17.1 Å². The number of tetrazole rings is 1. The van der Waals surface area contributed by atoms with Crippen LogP contribution >= 0.6 is 0 Å². The molecule has 6 heteroatoms. The van der Waals surface area contributed by atoms with Crippen molar-refractivity contribution in [1.82, 2.24) is 25.0 Å². The Balaban J connectivity index is 2.74. The lowest BCUT2D eigenvalue weighted by Crippen LogP contribution is -2.04. The molecule has 1 N–H and O–H groups in total. The van der Waals surface area contributed by atoms with E-state index >= 15 is 0 Å². The van der Waals surface area contributed by atoms with E-state index in [1.54, 1.807) is 23.0 Å². The molecule has 3 aromatic rings. The third-order valence-corrected chi connectivity index (χ3v) is 2.09. The van der Waals surface area contributed by atoms with E-state index in [4.69, 9.17) is 0 Å². The molecule has 0 aliphatic carbocycles. The molecule has 0 saturated heterocycles. The van der Waals surface area contributed by atoms with Crippen molar-refractivity contribution in [2.45, 2.75) is 0 Å². The first-order valence-electron chi connectivity index (χ1n) is 4.03. The fourth-order valence-corrected chi connectivity index (χ4v) is 1.45. The molecular weight excluding hydrogens is 182 g/mol. The summed E-state index contributed by atoms with van der Waals surface area (Å²) in [5.74, 6) is 0. The summed E-state index contributed by atoms with van der Waals surface area (Å²) in [6.07, 6.45) is 3.18. The minimum absolute atomic E-state index is 0.0729. The molecule has 0 atom stereocenters. The SMILES string of the molecule is O=c1cc2nn[nH]n2c2cnccc12. The number of hydrogen-bond donors (Lipinski definition) is 1. The molecule has 0 spiro atoms. The average Bonchev–Trinajstić information content (AvgIpc) is 2.66. The van der Waals surface area contributed by atoms with Gasteiger partial charge in [-0.05, 0) is 6.07 Å². The molecule has 0 radical (unpaired) electrons. The summed E-state index contributed by atoms with van der Waals surface area (Å²) < 4.78 is 1.61. The number of aromatic amines is 1. The topological polar surface area (TPSA) is 75.9 Å². The van der Waals surface area contributed by atoms with Gasteiger partial charge in [0.25, 0.3) is 0 Å². The highest BCUT2D eigenvalue weighted by atomic mass is 16.1. The number of rotatable bonds is 0. The smallest absolute Gasteiger partial charge is 0.191 e. The predicted molar refractivity (Wildman–Crippen MR) is 48.9 cm³/mol. The van der Waals surface area contributed by atoms with Gasteiger partial charge in [-0.2, -0.15) is 5.21 Å². The average molecular weight is 187 g/mol. The third kappa shape index (κ3) is 0.792. The highest BCUT2D eigenvalue weighted by molar-refractivity contribution is 5.79. The van der Waals surface area contributed by atoms with Crippen LogP contribution in [0.3, 0.4) is 0 Å². The van der Waals surface area contributed by atoms with Crippen LogP contribution in [0.1, 0.15) is 0 Å². The molecule has 68 valence electrons. The Labute approximate surface area is 77.2 Å². The second kappa shape index (κ2) is 2.38. The van der Waals surface area contributed by atoms with E-state index in [1.165, 1.54) is 6.07 Å². The number of nitrogens with one attached hydrogen (secondary N) is 1. The summed E-state index contributed by atoms with van der Waals surface area (Å²) in [4.78, 5) is 15.5. The number of hydrogen-bond acceptors (Lipinski definition) is 4. The molecule has 14 heavy (non-hydrogen) atoms. The molecule has 0 aliphatic heterocycles. The minimum Gasteiger partial charge on any atom is -0.289 e. The first-order chi connectivity index (χ1) is 6.86. The number of nitrogens with zero attached hydrogens (tertiary/aromatic N) is 4. The molecular formula is C8H5N5O. The molecule has 3 rings (SSSR count). The highest BCUT2D eigenvalue weighted by Crippen LogP contribution is 2.07. The third-order valence-electron chi connectivity index (χ3n) is 2.09. The Hall–Kier alpha value is -2.24. The van der Waals surface area contributed by atoms with Crippen molar-refractivity contribution in [2.75, 3.05) is 0 Å². The van der Waals surface area contributed by atoms with Gasteiger partial charge >= 0.3 is 0 Å². The van der Waals surface area contributed by atoms with Gasteiger partial charge < -0.3 is 0 Å². The summed E-state index contributed by atoms with van der Waals surface area (Å²) >= 11 is 0. The fraction of sp³-hybridized carbons (Fsp3) is 0. The minimum atomic E-state index is -0.0729. The van der Waals surface area contributed by atoms with Crippen LogP contribution in [0.15, 0.2) is 29.3 Å². The Morgan fingerprint density at radius 1 is 1.43 bits per heavy atom. The van der Waals surface area contributed by atoms with Crippen LogP contribution < -0.4 is 5.43 Å². The first-order valence-corrected chi connectivity index (χ1v) is 4.03. The second-order valence-electron chi connectivity index (χ2n) is 2.90. The van der Waals surface area contributed by atoms with E-state index in [-0.39, 0.29) is 5.43 Å². The van der Waals surface area contributed by atoms with E-state index in [1.807, 2.05) is 0 Å². The van der Waals surface area contributed by atoms with E-state index in [0.29, 0.717) is 16.6 Å². The Morgan fingerprint density at radius 2 is 2.36 bits per heavy atom. The lowest BCUT2D eigenvalue weighted by Gasteiger charge is -1.97. The zero-order valence-corrected chi connectivity index (χ0v) is 7.01. The van der Waals surface area contributed by atoms with Crippen molar-refractivity contribution in [3.8, 4) is 0 Å². The number of pyridine rings is 2. The maximum Gasteiger partial charge on any atom is 0.191 e. The van der Waals surface area contributed by atoms with Crippen molar-refractivity contribution in [1.29, 1.82) is 0 Å². The largest absolute Gasteiger partial charge is 0.289 e. The molecule has 0 aliphatic rings. The lowest BCUT2D eigenvalue weighted by atomic mass is 10.2. The molecule has 0 saturated carbocycles. The van der Waals surface area contributed by atoms with Crippen LogP contribution in [-0.4, -0.2) is 25.0 Å². The summed E-state index contributed by atoms with van der Waals surface area (Å²) in [5.41, 5.74) is 1.10. The van der Waals surface area contributed by atoms with Crippen molar-refractivity contribution < 1.29 is 0 Å². The number of H-pyrrole nitrogens is 1. The Bertz CT molecular complexity index is 668. The standard InChI is InChI=1S/C8H5N5O/c14-7-3-8-10-11-12-13(8)6-4-9-2-1-5(6)7/h1-4H,(H,10,12). The molecule has 0 fully saturated rings. The van der Waals surface area contributed by atoms with E-state index in [2.05, 4.69) is 20.5 Å². The Kier molecular flexibility index (Phi) is 1.22. The van der Waals surface area contributed by atoms with Crippen LogP contribution in [-0.2, 0) is 0 Å². The molecule has 6 nitrogen and oxygen atoms in total. The Morgan fingerprint density at radius 3 is 3.29 bits per heavy atom. The molecule has 0 aromatic carbocycles. The van der Waals surface area contributed by atoms with E-state index < -0.39 is 0 Å². The van der Waals surface area contributed by atoms with Crippen molar-refractivity contribution in [2.24, 2.45) is 0 Å². The molecule has 3 heterocycles. The van der Waals surface area contributed by atoms with Crippen LogP contribution in [0.2, 0.25) is 0 Å². The summed E-state index contributed by atoms with van der Waals surface area (Å²) in [6, 6.07) is 3.11. The molecule has 0 unspecified atom stereocenters. The van der Waals surface area contributed by atoms with Crippen LogP contribution in [0.25, 0.3) is 16.6 Å². The normalized spacial score (nSPS) is 11.1. The van der Waals surface area contributed by atoms with Crippen molar-refractivity contribution in [3.63, 3.8) is 0 Å². The van der Waals surface area contributed by atoms with Gasteiger partial charge in [-0.1, -0.05) is 5.21 Å². The monoisotopic (exact) mass is 187 g/mol. The quantitative estimate of drug-likeness (QED) is 0.536. The van der Waals surface area contributed by atoms with Crippen LogP contribution in [0, 0.1) is 0 Å². The summed E-state index contributed by atoms with van der Waals surface area (Å²) in [5, 5.41) is 10.6. The van der Waals surface area contributed by atoms with Gasteiger partial charge in [0.1, 0.15) is 0 Å². The van der Waals surface area contributed by atoms with E-state index in [0.717, 1.165) is 0 Å². The zero-order chi connectivity index (χ0) is 9.54. The molecule has 0 amide bonds. The van der Waals surface area contributed by atoms with Crippen molar-refractivity contribution in [3.05, 3.63) is 34.7 Å². The molecule has 0 bridgehead atoms. The highest BCUT2D eigenvalue weighted by Gasteiger charge is 2.04. The van der Waals surface area contributed by atoms with Gasteiger partial charge in [-0.25, -0.2) is 4.52 Å². The first kappa shape index (κ1) is 7.19. The lowest BCUT2D eigenvalue weighted by molar-refractivity contribution is 0.840. The number of fused-ring (bicyclic) bond motifs is 3. The van der Waals surface area contributed by atoms with Gasteiger partial charge in [0, 0.05) is 12.3 Å². The van der Waals surface area contributed by atoms with Gasteiger partial charge in [0.2, 0.25) is 0 Å². The maximum atomic E-state index is 11.6. The predicted octanol–water partition coefficient (Wildman–Crippen LogP) is -0.0342. The van der Waals surface area contributed by atoms with Crippen LogP contribution in [0.4, 0.5) is 0 Å². The fourth-order valence-electron chi connectivity index (χ4n) is 1.45. The van der Waals surface area contributed by atoms with Crippen LogP contribution in [0.5, 0.6) is 0 Å².